The number of hydrogen-bond donors (Lipinski definition) is 0. The Morgan fingerprint density at radius 2 is 1.54 bits per heavy atom. The van der Waals surface area contributed by atoms with E-state index in [0.29, 0.717) is 13.2 Å². The summed E-state index contributed by atoms with van der Waals surface area (Å²) in [5.41, 5.74) is 2.35. The zero-order valence-electron chi connectivity index (χ0n) is 13.3. The standard InChI is InChI=1S/C19H19NO3S/c1-3-7-15-13(5-1)18-19(23-17-11-24-12-20(17)18)14-6-2-4-8-16(14)22-10-9-21-15/h1-8,17-19H,9-12H2/t17-,18+,19+/m1/s1. The van der Waals surface area contributed by atoms with Crippen LogP contribution in [-0.4, -0.2) is 36.0 Å². The summed E-state index contributed by atoms with van der Waals surface area (Å²) in [6.07, 6.45) is 0.127. The van der Waals surface area contributed by atoms with E-state index >= 15 is 0 Å². The molecule has 0 N–H and O–H groups in total. The van der Waals surface area contributed by atoms with Crippen molar-refractivity contribution in [1.29, 1.82) is 0 Å². The first-order valence-electron chi connectivity index (χ1n) is 8.34. The number of ether oxygens (including phenoxy) is 3. The SMILES string of the molecule is c1ccc2c(c1)OCCOc1ccccc1[C@H]1[C@H]2O[C@@H]2CSCN21. The minimum Gasteiger partial charge on any atom is -0.490 e. The van der Waals surface area contributed by atoms with Gasteiger partial charge in [0.1, 0.15) is 37.0 Å². The molecule has 2 saturated heterocycles. The van der Waals surface area contributed by atoms with Crippen molar-refractivity contribution in [3.8, 4) is 11.5 Å². The van der Waals surface area contributed by atoms with Crippen molar-refractivity contribution in [2.24, 2.45) is 0 Å². The number of nitrogens with zero attached hydrogens (tertiary/aromatic N) is 1. The number of benzene rings is 2. The summed E-state index contributed by atoms with van der Waals surface area (Å²) in [5, 5.41) is 0. The Morgan fingerprint density at radius 3 is 2.33 bits per heavy atom. The van der Waals surface area contributed by atoms with E-state index in [2.05, 4.69) is 35.2 Å². The molecule has 4 nitrogen and oxygen atoms in total. The van der Waals surface area contributed by atoms with Gasteiger partial charge in [0.2, 0.25) is 0 Å². The lowest BCUT2D eigenvalue weighted by molar-refractivity contribution is 0.0261. The minimum absolute atomic E-state index is 0.0325. The Kier molecular flexibility index (Phi) is 3.65. The second-order valence-electron chi connectivity index (χ2n) is 6.24. The smallest absolute Gasteiger partial charge is 0.125 e. The maximum atomic E-state index is 6.47. The van der Waals surface area contributed by atoms with E-state index in [4.69, 9.17) is 14.2 Å². The van der Waals surface area contributed by atoms with Crippen molar-refractivity contribution in [3.05, 3.63) is 59.7 Å². The molecular weight excluding hydrogens is 322 g/mol. The zero-order valence-corrected chi connectivity index (χ0v) is 14.1. The van der Waals surface area contributed by atoms with Gasteiger partial charge in [-0.3, -0.25) is 4.90 Å². The number of fused-ring (bicyclic) bond motifs is 7. The Hall–Kier alpha value is -1.69. The molecule has 0 aromatic heterocycles. The van der Waals surface area contributed by atoms with Crippen molar-refractivity contribution in [1.82, 2.24) is 4.90 Å². The Morgan fingerprint density at radius 1 is 0.875 bits per heavy atom. The van der Waals surface area contributed by atoms with Crippen LogP contribution in [0.5, 0.6) is 11.5 Å². The Labute approximate surface area is 145 Å². The van der Waals surface area contributed by atoms with Crippen LogP contribution < -0.4 is 9.47 Å². The summed E-state index contributed by atoms with van der Waals surface area (Å²) in [4.78, 5) is 2.45. The fraction of sp³-hybridized carbons (Fsp3) is 0.368. The second kappa shape index (κ2) is 5.99. The van der Waals surface area contributed by atoms with Crippen LogP contribution in [0.4, 0.5) is 0 Å². The molecule has 2 aromatic carbocycles. The molecule has 2 fully saturated rings. The highest BCUT2D eigenvalue weighted by Crippen LogP contribution is 2.52. The monoisotopic (exact) mass is 341 g/mol. The third kappa shape index (κ3) is 2.31. The third-order valence-electron chi connectivity index (χ3n) is 4.88. The zero-order chi connectivity index (χ0) is 15.9. The van der Waals surface area contributed by atoms with Crippen molar-refractivity contribution in [2.45, 2.75) is 18.4 Å². The van der Waals surface area contributed by atoms with Gasteiger partial charge >= 0.3 is 0 Å². The molecule has 5 heteroatoms. The summed E-state index contributed by atoms with van der Waals surface area (Å²) >= 11 is 1.93. The topological polar surface area (TPSA) is 30.9 Å². The average Bonchev–Trinajstić information content (AvgIpc) is 3.20. The summed E-state index contributed by atoms with van der Waals surface area (Å²) in [6.45, 7) is 1.08. The summed E-state index contributed by atoms with van der Waals surface area (Å²) in [7, 11) is 0. The molecule has 0 bridgehead atoms. The molecule has 5 rings (SSSR count). The van der Waals surface area contributed by atoms with Crippen LogP contribution in [0.15, 0.2) is 48.5 Å². The predicted octanol–water partition coefficient (Wildman–Crippen LogP) is 3.60. The molecular formula is C19H19NO3S. The summed E-state index contributed by atoms with van der Waals surface area (Å²) in [5.74, 6) is 3.85. The van der Waals surface area contributed by atoms with Crippen molar-refractivity contribution < 1.29 is 14.2 Å². The van der Waals surface area contributed by atoms with Gasteiger partial charge in [0, 0.05) is 22.8 Å². The molecule has 0 spiro atoms. The van der Waals surface area contributed by atoms with Crippen LogP contribution in [0, 0.1) is 0 Å². The highest BCUT2D eigenvalue weighted by atomic mass is 32.2. The van der Waals surface area contributed by atoms with Crippen LogP contribution in [-0.2, 0) is 4.74 Å². The first-order chi connectivity index (χ1) is 11.9. The van der Waals surface area contributed by atoms with E-state index in [0.717, 1.165) is 28.7 Å². The molecule has 0 aliphatic carbocycles. The van der Waals surface area contributed by atoms with Gasteiger partial charge in [-0.1, -0.05) is 36.4 Å². The molecule has 2 aromatic rings. The average molecular weight is 341 g/mol. The number of para-hydroxylation sites is 2. The van der Waals surface area contributed by atoms with Crippen LogP contribution in [0.3, 0.4) is 0 Å². The van der Waals surface area contributed by atoms with Crippen LogP contribution in [0.2, 0.25) is 0 Å². The fourth-order valence-electron chi connectivity index (χ4n) is 3.82. The number of hydrogen-bond acceptors (Lipinski definition) is 5. The molecule has 3 atom stereocenters. The molecule has 0 unspecified atom stereocenters. The first-order valence-corrected chi connectivity index (χ1v) is 9.50. The lowest BCUT2D eigenvalue weighted by atomic mass is 9.94. The fourth-order valence-corrected chi connectivity index (χ4v) is 4.94. The van der Waals surface area contributed by atoms with Crippen LogP contribution in [0.1, 0.15) is 23.3 Å². The Balaban J connectivity index is 1.67. The van der Waals surface area contributed by atoms with Gasteiger partial charge in [0.05, 0.1) is 6.04 Å². The predicted molar refractivity (Wildman–Crippen MR) is 93.4 cm³/mol. The molecule has 3 aliphatic rings. The highest BCUT2D eigenvalue weighted by molar-refractivity contribution is 7.99. The van der Waals surface area contributed by atoms with Crippen molar-refractivity contribution in [3.63, 3.8) is 0 Å². The van der Waals surface area contributed by atoms with E-state index in [9.17, 15) is 0 Å². The molecule has 3 aliphatic heterocycles. The van der Waals surface area contributed by atoms with Gasteiger partial charge in [-0.25, -0.2) is 0 Å². The largest absolute Gasteiger partial charge is 0.490 e. The summed E-state index contributed by atoms with van der Waals surface area (Å²) < 4.78 is 18.5. The molecule has 0 amide bonds. The lowest BCUT2D eigenvalue weighted by Gasteiger charge is -2.28. The third-order valence-corrected chi connectivity index (χ3v) is 5.88. The molecule has 3 heterocycles. The number of rotatable bonds is 0. The van der Waals surface area contributed by atoms with Gasteiger partial charge in [-0.15, -0.1) is 11.8 Å². The van der Waals surface area contributed by atoms with Gasteiger partial charge in [0.25, 0.3) is 0 Å². The normalized spacial score (nSPS) is 28.8. The van der Waals surface area contributed by atoms with Gasteiger partial charge in [0.15, 0.2) is 0 Å². The van der Waals surface area contributed by atoms with Gasteiger partial charge in [-0.2, -0.15) is 0 Å². The number of thioether (sulfide) groups is 1. The molecule has 24 heavy (non-hydrogen) atoms. The van der Waals surface area contributed by atoms with Crippen molar-refractivity contribution in [2.75, 3.05) is 24.8 Å². The van der Waals surface area contributed by atoms with Crippen LogP contribution in [0.25, 0.3) is 0 Å². The molecule has 0 radical (unpaired) electrons. The lowest BCUT2D eigenvalue weighted by Crippen LogP contribution is -2.28. The summed E-state index contributed by atoms with van der Waals surface area (Å²) in [6, 6.07) is 16.7. The molecule has 124 valence electrons. The maximum absolute atomic E-state index is 6.47. The second-order valence-corrected chi connectivity index (χ2v) is 7.24. The van der Waals surface area contributed by atoms with Gasteiger partial charge in [-0.05, 0) is 12.1 Å². The van der Waals surface area contributed by atoms with E-state index in [1.165, 1.54) is 5.56 Å². The van der Waals surface area contributed by atoms with E-state index in [1.807, 2.05) is 30.0 Å². The van der Waals surface area contributed by atoms with Crippen molar-refractivity contribution >= 4 is 11.8 Å². The van der Waals surface area contributed by atoms with E-state index in [1.54, 1.807) is 0 Å². The van der Waals surface area contributed by atoms with Gasteiger partial charge < -0.3 is 14.2 Å². The van der Waals surface area contributed by atoms with E-state index < -0.39 is 0 Å². The highest BCUT2D eigenvalue weighted by Gasteiger charge is 2.48. The maximum Gasteiger partial charge on any atom is 0.125 e. The quantitative estimate of drug-likeness (QED) is 0.731. The molecule has 0 saturated carbocycles. The van der Waals surface area contributed by atoms with E-state index in [-0.39, 0.29) is 18.4 Å². The minimum atomic E-state index is -0.0325. The van der Waals surface area contributed by atoms with Crippen LogP contribution >= 0.6 is 11.8 Å². The Bertz CT molecular complexity index is 753. The first kappa shape index (κ1) is 14.6.